The summed E-state index contributed by atoms with van der Waals surface area (Å²) in [4.78, 5) is 60.4. The SMILES string of the molecule is CSCC[C@H](N)C(=O)N[C@@H](CC(N)=O)C(=O)N[C@@H](CO)[C@@H](O)[C@@H](O)[C@H](O)C(=O)N[C@@H](CC(=O)O)c1ccccc1. The lowest BCUT2D eigenvalue weighted by Crippen LogP contribution is -2.60. The Kier molecular flexibility index (Phi) is 15.1. The minimum absolute atomic E-state index is 0.277. The molecular weight excluding hydrogens is 550 g/mol. The first-order valence-corrected chi connectivity index (χ1v) is 13.6. The normalized spacial score (nSPS) is 16.4. The number of hydrogen-bond donors (Lipinski definition) is 10. The van der Waals surface area contributed by atoms with Gasteiger partial charge in [-0.3, -0.25) is 24.0 Å². The number of aliphatic hydroxyl groups is 4. The maximum atomic E-state index is 12.8. The first-order chi connectivity index (χ1) is 18.8. The predicted molar refractivity (Wildman–Crippen MR) is 143 cm³/mol. The lowest BCUT2D eigenvalue weighted by Gasteiger charge is -2.30. The summed E-state index contributed by atoms with van der Waals surface area (Å²) in [5, 5.41) is 56.8. The highest BCUT2D eigenvalue weighted by Gasteiger charge is 2.37. The largest absolute Gasteiger partial charge is 0.481 e. The van der Waals surface area contributed by atoms with Gasteiger partial charge in [-0.05, 0) is 24.0 Å². The molecule has 1 aromatic carbocycles. The van der Waals surface area contributed by atoms with Crippen LogP contribution in [0.2, 0.25) is 0 Å². The monoisotopic (exact) mass is 587 g/mol. The van der Waals surface area contributed by atoms with Gasteiger partial charge in [0, 0.05) is 0 Å². The molecule has 0 aliphatic carbocycles. The molecule has 0 spiro atoms. The molecule has 12 N–H and O–H groups in total. The van der Waals surface area contributed by atoms with E-state index in [1.165, 1.54) is 11.8 Å². The molecule has 0 saturated heterocycles. The van der Waals surface area contributed by atoms with E-state index in [0.717, 1.165) is 0 Å². The van der Waals surface area contributed by atoms with Crippen molar-refractivity contribution in [2.75, 3.05) is 18.6 Å². The van der Waals surface area contributed by atoms with Crippen molar-refractivity contribution in [2.24, 2.45) is 11.5 Å². The van der Waals surface area contributed by atoms with Crippen LogP contribution in [0.3, 0.4) is 0 Å². The number of nitrogens with two attached hydrogens (primary N) is 2. The van der Waals surface area contributed by atoms with Crippen LogP contribution in [0.15, 0.2) is 30.3 Å². The Hall–Kier alpha value is -3.28. The summed E-state index contributed by atoms with van der Waals surface area (Å²) in [6.07, 6.45) is -5.82. The number of hydrogen-bond acceptors (Lipinski definition) is 11. The molecule has 0 aliphatic heterocycles. The molecule has 7 atom stereocenters. The van der Waals surface area contributed by atoms with Crippen molar-refractivity contribution < 1.29 is 49.5 Å². The molecule has 0 aromatic heterocycles. The number of aliphatic hydroxyl groups excluding tert-OH is 4. The smallest absolute Gasteiger partial charge is 0.305 e. The van der Waals surface area contributed by atoms with Crippen LogP contribution in [0.5, 0.6) is 0 Å². The van der Waals surface area contributed by atoms with E-state index < -0.39 is 91.5 Å². The van der Waals surface area contributed by atoms with E-state index in [-0.39, 0.29) is 6.42 Å². The highest BCUT2D eigenvalue weighted by Crippen LogP contribution is 2.17. The Morgan fingerprint density at radius 1 is 0.900 bits per heavy atom. The number of benzene rings is 1. The Bertz CT molecular complexity index is 1000. The maximum Gasteiger partial charge on any atom is 0.305 e. The number of carbonyl (C=O) groups excluding carboxylic acids is 4. The Balaban J connectivity index is 2.93. The number of thioether (sulfide) groups is 1. The first kappa shape index (κ1) is 34.7. The summed E-state index contributed by atoms with van der Waals surface area (Å²) in [7, 11) is 0. The Morgan fingerprint density at radius 3 is 2.05 bits per heavy atom. The fourth-order valence-corrected chi connectivity index (χ4v) is 4.03. The third kappa shape index (κ3) is 11.4. The lowest BCUT2D eigenvalue weighted by molar-refractivity contribution is -0.145. The molecule has 0 heterocycles. The third-order valence-electron chi connectivity index (χ3n) is 5.78. The molecule has 1 rings (SSSR count). The van der Waals surface area contributed by atoms with Gasteiger partial charge in [0.2, 0.25) is 17.7 Å². The van der Waals surface area contributed by atoms with E-state index in [1.807, 2.05) is 0 Å². The summed E-state index contributed by atoms with van der Waals surface area (Å²) < 4.78 is 0. The topological polar surface area (TPSA) is 275 Å². The molecule has 0 radical (unpaired) electrons. The molecular formula is C24H37N5O10S. The van der Waals surface area contributed by atoms with Crippen molar-refractivity contribution in [1.29, 1.82) is 0 Å². The summed E-state index contributed by atoms with van der Waals surface area (Å²) in [6, 6.07) is 2.66. The lowest BCUT2D eigenvalue weighted by atomic mass is 9.98. The molecule has 15 nitrogen and oxygen atoms in total. The molecule has 4 amide bonds. The quantitative estimate of drug-likeness (QED) is 0.0795. The van der Waals surface area contributed by atoms with Crippen LogP contribution in [0.1, 0.15) is 30.9 Å². The standard InChI is InChI=1S/C24H37N5O10S/c1-40-8-7-13(25)22(37)28-15(9-17(26)31)23(38)29-16(11-30)19(34)20(35)21(36)24(39)27-14(10-18(32)33)12-5-3-2-4-6-12/h2-6,13-16,19-21,30,34-36H,7-11,25H2,1H3,(H2,26,31)(H,27,39)(H,28,37)(H,29,38)(H,32,33)/t13-,14-,15-,16-,19+,20+,21-/m0/s1. The van der Waals surface area contributed by atoms with Crippen molar-refractivity contribution in [3.63, 3.8) is 0 Å². The van der Waals surface area contributed by atoms with Crippen LogP contribution < -0.4 is 27.4 Å². The first-order valence-electron chi connectivity index (χ1n) is 12.2. The molecule has 0 saturated carbocycles. The zero-order valence-corrected chi connectivity index (χ0v) is 22.6. The van der Waals surface area contributed by atoms with Gasteiger partial charge < -0.3 is 53.0 Å². The number of amides is 4. The van der Waals surface area contributed by atoms with Crippen molar-refractivity contribution in [3.05, 3.63) is 35.9 Å². The fraction of sp³-hybridized carbons (Fsp3) is 0.542. The van der Waals surface area contributed by atoms with E-state index in [1.54, 1.807) is 36.6 Å². The zero-order chi connectivity index (χ0) is 30.4. The van der Waals surface area contributed by atoms with Crippen molar-refractivity contribution in [2.45, 2.75) is 61.7 Å². The van der Waals surface area contributed by atoms with E-state index in [0.29, 0.717) is 11.3 Å². The van der Waals surface area contributed by atoms with E-state index in [2.05, 4.69) is 16.0 Å². The van der Waals surface area contributed by atoms with Gasteiger partial charge in [-0.2, -0.15) is 11.8 Å². The second kappa shape index (κ2) is 17.4. The molecule has 0 bridgehead atoms. The van der Waals surface area contributed by atoms with Crippen LogP contribution in [0, 0.1) is 0 Å². The maximum absolute atomic E-state index is 12.8. The Morgan fingerprint density at radius 2 is 1.52 bits per heavy atom. The number of carbonyl (C=O) groups is 5. The van der Waals surface area contributed by atoms with E-state index >= 15 is 0 Å². The summed E-state index contributed by atoms with van der Waals surface area (Å²) in [5.74, 6) is -4.72. The fourth-order valence-electron chi connectivity index (χ4n) is 3.54. The van der Waals surface area contributed by atoms with Crippen molar-refractivity contribution in [1.82, 2.24) is 16.0 Å². The van der Waals surface area contributed by atoms with Crippen LogP contribution in [0.4, 0.5) is 0 Å². The second-order valence-electron chi connectivity index (χ2n) is 8.91. The summed E-state index contributed by atoms with van der Waals surface area (Å²) in [6.45, 7) is -0.992. The van der Waals surface area contributed by atoms with Gasteiger partial charge in [-0.25, -0.2) is 0 Å². The van der Waals surface area contributed by atoms with Gasteiger partial charge in [0.1, 0.15) is 18.2 Å². The van der Waals surface area contributed by atoms with Gasteiger partial charge in [0.05, 0.1) is 37.6 Å². The van der Waals surface area contributed by atoms with E-state index in [4.69, 9.17) is 11.5 Å². The van der Waals surface area contributed by atoms with Gasteiger partial charge >= 0.3 is 5.97 Å². The van der Waals surface area contributed by atoms with Gasteiger partial charge in [0.15, 0.2) is 6.10 Å². The van der Waals surface area contributed by atoms with Crippen molar-refractivity contribution in [3.8, 4) is 0 Å². The molecule has 224 valence electrons. The highest BCUT2D eigenvalue weighted by atomic mass is 32.2. The molecule has 0 unspecified atom stereocenters. The van der Waals surface area contributed by atoms with Crippen LogP contribution in [-0.4, -0.2) is 110 Å². The minimum Gasteiger partial charge on any atom is -0.481 e. The molecule has 16 heteroatoms. The number of primary amides is 1. The molecule has 1 aromatic rings. The van der Waals surface area contributed by atoms with Crippen molar-refractivity contribution >= 4 is 41.4 Å². The van der Waals surface area contributed by atoms with Gasteiger partial charge in [0.25, 0.3) is 5.91 Å². The van der Waals surface area contributed by atoms with Crippen LogP contribution >= 0.6 is 11.8 Å². The predicted octanol–water partition coefficient (Wildman–Crippen LogP) is -3.68. The van der Waals surface area contributed by atoms with Gasteiger partial charge in [-0.1, -0.05) is 30.3 Å². The summed E-state index contributed by atoms with van der Waals surface area (Å²) in [5.41, 5.74) is 11.3. The summed E-state index contributed by atoms with van der Waals surface area (Å²) >= 11 is 1.44. The molecule has 0 aliphatic rings. The van der Waals surface area contributed by atoms with Gasteiger partial charge in [-0.15, -0.1) is 0 Å². The Labute approximate surface area is 234 Å². The van der Waals surface area contributed by atoms with Crippen LogP contribution in [-0.2, 0) is 24.0 Å². The zero-order valence-electron chi connectivity index (χ0n) is 21.8. The second-order valence-corrected chi connectivity index (χ2v) is 9.90. The molecule has 0 fully saturated rings. The van der Waals surface area contributed by atoms with E-state index in [9.17, 15) is 49.5 Å². The number of carboxylic acid groups (broad SMARTS) is 1. The van der Waals surface area contributed by atoms with Crippen LogP contribution in [0.25, 0.3) is 0 Å². The minimum atomic E-state index is -2.31. The average molecular weight is 588 g/mol. The third-order valence-corrected chi connectivity index (χ3v) is 6.43. The average Bonchev–Trinajstić information content (AvgIpc) is 2.92. The number of aliphatic carboxylic acids is 1. The molecule has 40 heavy (non-hydrogen) atoms. The number of rotatable bonds is 18. The highest BCUT2D eigenvalue weighted by molar-refractivity contribution is 7.98. The number of carboxylic acids is 1. The number of nitrogens with one attached hydrogen (secondary N) is 3.